The van der Waals surface area contributed by atoms with Gasteiger partial charge in [-0.15, -0.1) is 0 Å². The number of fused-ring (bicyclic) bond motifs is 1. The van der Waals surface area contributed by atoms with Crippen molar-refractivity contribution >= 4 is 106 Å². The largest absolute Gasteiger partial charge is 0.481 e. The molecule has 2 rings (SSSR count). The standard InChI is InChI=1S/C51H77N17O20/c52-26(21-24-22-60-27-6-2-1-5-25(24)27)41(79)68-35(23-69)48(86)62-29(8-4-20-59-51(56)57)43(81)64-31(10-15-37(71)72)46(84)66-32(11-16-38(73)74)45(83)63-30(9-14-36(53)70)44(82)61-28(7-3-19-58-50(54)55)42(80)65-33(12-17-39(75)76)47(85)67-34(49(87)88)13-18-40(77)78/h1-2,5-6,22,26,28-35,60,69H,3-4,7-21,23,52H2,(H2,53,70)(H,61,82)(H,62,86)(H,63,83)(H,64,81)(H,65,80)(H,66,84)(H,67,85)(H,68,79)(H,71,72)(H,73,74)(H,75,76)(H,77,78)(H,87,88)(H4,54,55,58)(H4,56,57,59)/t26-,28-,29-,30-,31-,32-,33-,34-,35-/m0/s1. The van der Waals surface area contributed by atoms with Gasteiger partial charge in [-0.3, -0.25) is 72.3 Å². The number of aromatic amines is 1. The van der Waals surface area contributed by atoms with Gasteiger partial charge in [-0.2, -0.15) is 0 Å². The fraction of sp³-hybridized carbons (Fsp3) is 0.529. The summed E-state index contributed by atoms with van der Waals surface area (Å²) in [7, 11) is 0. The molecule has 88 heavy (non-hydrogen) atoms. The van der Waals surface area contributed by atoms with Gasteiger partial charge in [0.05, 0.1) is 12.6 Å². The molecule has 0 saturated heterocycles. The van der Waals surface area contributed by atoms with Gasteiger partial charge in [-0.25, -0.2) is 4.79 Å². The minimum absolute atomic E-state index is 0.00730. The van der Waals surface area contributed by atoms with Crippen molar-refractivity contribution < 1.29 is 97.8 Å². The smallest absolute Gasteiger partial charge is 0.326 e. The summed E-state index contributed by atoms with van der Waals surface area (Å²) in [5.74, 6) is -19.0. The van der Waals surface area contributed by atoms with E-state index in [4.69, 9.17) is 39.5 Å². The summed E-state index contributed by atoms with van der Waals surface area (Å²) in [5.41, 5.74) is 34.6. The predicted molar refractivity (Wildman–Crippen MR) is 306 cm³/mol. The van der Waals surface area contributed by atoms with E-state index in [0.29, 0.717) is 5.56 Å². The Labute approximate surface area is 500 Å². The maximum absolute atomic E-state index is 14.2. The Kier molecular flexibility index (Phi) is 31.9. The number of rotatable bonds is 43. The number of aliphatic imine (C=N–C) groups is 2. The van der Waals surface area contributed by atoms with Crippen LogP contribution in [0.2, 0.25) is 0 Å². The number of primary amides is 1. The highest BCUT2D eigenvalue weighted by molar-refractivity contribution is 5.99. The molecular weight excluding hydrogens is 1170 g/mol. The molecule has 0 bridgehead atoms. The molecule has 1 aromatic heterocycles. The molecular formula is C51H77N17O20. The van der Waals surface area contributed by atoms with E-state index >= 15 is 0 Å². The zero-order valence-corrected chi connectivity index (χ0v) is 47.6. The van der Waals surface area contributed by atoms with E-state index in [9.17, 15) is 92.7 Å². The van der Waals surface area contributed by atoms with Crippen LogP contribution >= 0.6 is 0 Å². The van der Waals surface area contributed by atoms with Crippen molar-refractivity contribution in [3.05, 3.63) is 36.0 Å². The quantitative estimate of drug-likeness (QED) is 0.0167. The molecule has 0 spiro atoms. The number of hydrogen-bond donors (Lipinski definition) is 21. The lowest BCUT2D eigenvalue weighted by molar-refractivity contribution is -0.144. The lowest BCUT2D eigenvalue weighted by atomic mass is 10.0. The maximum Gasteiger partial charge on any atom is 0.326 e. The summed E-state index contributed by atoms with van der Waals surface area (Å²) in [6, 6.07) is -8.68. The number of carboxylic acid groups (broad SMARTS) is 5. The number of guanidine groups is 2. The first-order chi connectivity index (χ1) is 41.4. The molecule has 486 valence electrons. The number of aliphatic carboxylic acids is 5. The number of aliphatic hydroxyl groups is 1. The number of carbonyl (C=O) groups excluding carboxylic acids is 9. The van der Waals surface area contributed by atoms with E-state index in [2.05, 4.69) is 52.2 Å². The Morgan fingerprint density at radius 3 is 1.09 bits per heavy atom. The van der Waals surface area contributed by atoms with Crippen molar-refractivity contribution in [3.63, 3.8) is 0 Å². The molecule has 0 aliphatic rings. The number of nitrogens with zero attached hydrogens (tertiary/aromatic N) is 2. The number of amides is 9. The normalized spacial score (nSPS) is 13.9. The fourth-order valence-corrected chi connectivity index (χ4v) is 8.24. The van der Waals surface area contributed by atoms with Crippen LogP contribution in [0.5, 0.6) is 0 Å². The van der Waals surface area contributed by atoms with Gasteiger partial charge in [0.1, 0.15) is 48.3 Å². The van der Waals surface area contributed by atoms with Gasteiger partial charge in [0.15, 0.2) is 11.9 Å². The van der Waals surface area contributed by atoms with Crippen LogP contribution in [0.25, 0.3) is 10.9 Å². The first-order valence-corrected chi connectivity index (χ1v) is 27.3. The number of aromatic nitrogens is 1. The summed E-state index contributed by atoms with van der Waals surface area (Å²) < 4.78 is 0. The van der Waals surface area contributed by atoms with Crippen molar-refractivity contribution in [1.29, 1.82) is 0 Å². The van der Waals surface area contributed by atoms with E-state index in [-0.39, 0.29) is 50.7 Å². The summed E-state index contributed by atoms with van der Waals surface area (Å²) in [6.07, 6.45) is -6.56. The minimum Gasteiger partial charge on any atom is -0.481 e. The van der Waals surface area contributed by atoms with E-state index < -0.39 is 215 Å². The highest BCUT2D eigenvalue weighted by atomic mass is 16.4. The second-order valence-corrected chi connectivity index (χ2v) is 19.8. The zero-order chi connectivity index (χ0) is 66.2. The SMILES string of the molecule is NC(=O)CC[C@H](NC(=O)[C@H](CCC(=O)O)NC(=O)[C@H](CCC(=O)O)NC(=O)[C@H](CCCN=C(N)N)NC(=O)[C@H](CO)NC(=O)[C@@H](N)Cc1c[nH]c2ccccc12)C(=O)N[C@@H](CCCN=C(N)N)C(=O)N[C@@H](CCC(=O)O)C(=O)N[C@@H](CCC(=O)O)C(=O)O. The van der Waals surface area contributed by atoms with Gasteiger partial charge < -0.3 is 113 Å². The highest BCUT2D eigenvalue weighted by Gasteiger charge is 2.36. The van der Waals surface area contributed by atoms with E-state index in [1.165, 1.54) is 0 Å². The monoisotopic (exact) mass is 1250 g/mol. The third-order valence-corrected chi connectivity index (χ3v) is 12.8. The average Bonchev–Trinajstić information content (AvgIpc) is 3.96. The van der Waals surface area contributed by atoms with E-state index in [1.54, 1.807) is 30.5 Å². The molecule has 0 unspecified atom stereocenters. The molecule has 0 aliphatic carbocycles. The number of hydrogen-bond acceptors (Lipinski definition) is 18. The number of nitrogens with one attached hydrogen (secondary N) is 9. The first-order valence-electron chi connectivity index (χ1n) is 27.3. The number of nitrogens with two attached hydrogens (primary N) is 6. The number of para-hydroxylation sites is 1. The lowest BCUT2D eigenvalue weighted by Gasteiger charge is -2.28. The molecule has 0 aliphatic heterocycles. The predicted octanol–water partition coefficient (Wildman–Crippen LogP) is -7.18. The van der Waals surface area contributed by atoms with Crippen LogP contribution < -0.4 is 76.9 Å². The van der Waals surface area contributed by atoms with Crippen molar-refractivity contribution in [3.8, 4) is 0 Å². The number of H-pyrrole nitrogens is 1. The van der Waals surface area contributed by atoms with Gasteiger partial charge in [-0.1, -0.05) is 18.2 Å². The van der Waals surface area contributed by atoms with Crippen molar-refractivity contribution in [2.45, 2.75) is 151 Å². The number of benzene rings is 1. The van der Waals surface area contributed by atoms with Gasteiger partial charge in [0.2, 0.25) is 53.2 Å². The number of carboxylic acids is 5. The molecule has 1 aromatic carbocycles. The Hall–Kier alpha value is -10.2. The number of carbonyl (C=O) groups is 14. The van der Waals surface area contributed by atoms with Gasteiger partial charge in [0.25, 0.3) is 0 Å². The summed E-state index contributed by atoms with van der Waals surface area (Å²) in [5, 5.41) is 76.3. The van der Waals surface area contributed by atoms with Gasteiger partial charge in [0, 0.05) is 62.3 Å². The third kappa shape index (κ3) is 28.1. The van der Waals surface area contributed by atoms with Gasteiger partial charge >= 0.3 is 29.8 Å². The van der Waals surface area contributed by atoms with Crippen molar-refractivity contribution in [2.24, 2.45) is 44.4 Å². The maximum atomic E-state index is 14.2. The minimum atomic E-state index is -1.97. The Morgan fingerprint density at radius 1 is 0.432 bits per heavy atom. The molecule has 0 saturated carbocycles. The van der Waals surface area contributed by atoms with E-state index in [1.807, 2.05) is 5.32 Å². The summed E-state index contributed by atoms with van der Waals surface area (Å²) >= 11 is 0. The highest BCUT2D eigenvalue weighted by Crippen LogP contribution is 2.19. The molecule has 9 amide bonds. The molecule has 0 radical (unpaired) electrons. The molecule has 0 fully saturated rings. The van der Waals surface area contributed by atoms with Crippen molar-refractivity contribution in [1.82, 2.24) is 47.5 Å². The molecule has 37 heteroatoms. The fourth-order valence-electron chi connectivity index (χ4n) is 8.24. The number of aliphatic hydroxyl groups excluding tert-OH is 1. The molecule has 1 heterocycles. The Morgan fingerprint density at radius 2 is 0.750 bits per heavy atom. The van der Waals surface area contributed by atoms with Gasteiger partial charge in [-0.05, 0) is 75.8 Å². The van der Waals surface area contributed by atoms with E-state index in [0.717, 1.165) is 10.9 Å². The van der Waals surface area contributed by atoms with Crippen LogP contribution in [-0.2, 0) is 73.5 Å². The topological polar surface area (TPSA) is 653 Å². The lowest BCUT2D eigenvalue weighted by Crippen LogP contribution is -2.60. The van der Waals surface area contributed by atoms with Crippen LogP contribution in [0.3, 0.4) is 0 Å². The Balaban J connectivity index is 2.51. The summed E-state index contributed by atoms with van der Waals surface area (Å²) in [6.45, 7) is -1.32. The molecule has 9 atom stereocenters. The first kappa shape index (κ1) is 73.9. The zero-order valence-electron chi connectivity index (χ0n) is 47.6. The summed E-state index contributed by atoms with van der Waals surface area (Å²) in [4.78, 5) is 192. The van der Waals surface area contributed by atoms with Crippen molar-refractivity contribution in [2.75, 3.05) is 19.7 Å². The van der Waals surface area contributed by atoms with Crippen LogP contribution in [0, 0.1) is 0 Å². The molecule has 37 nitrogen and oxygen atoms in total. The third-order valence-electron chi connectivity index (χ3n) is 12.8. The average molecular weight is 1250 g/mol. The Bertz CT molecular complexity index is 2880. The van der Waals surface area contributed by atoms with Crippen LogP contribution in [-0.4, -0.2) is 205 Å². The van der Waals surface area contributed by atoms with Crippen LogP contribution in [0.4, 0.5) is 0 Å². The van der Waals surface area contributed by atoms with Crippen LogP contribution in [0.15, 0.2) is 40.4 Å². The van der Waals surface area contributed by atoms with Crippen LogP contribution in [0.1, 0.15) is 95.5 Å². The molecule has 2 aromatic rings. The second-order valence-electron chi connectivity index (χ2n) is 19.8. The molecule has 27 N–H and O–H groups in total. The second kappa shape index (κ2) is 38.0.